The van der Waals surface area contributed by atoms with Crippen molar-refractivity contribution in [2.45, 2.75) is 179 Å². The van der Waals surface area contributed by atoms with Gasteiger partial charge in [-0.05, 0) is 73.7 Å². The molecule has 2 aromatic carbocycles. The number of hydrogen-bond acceptors (Lipinski definition) is 14. The molecule has 0 aliphatic rings. The normalized spacial score (nSPS) is 14.4. The number of carbonyl (C=O) groups is 9. The molecule has 0 unspecified atom stereocenters. The van der Waals surface area contributed by atoms with E-state index in [-0.39, 0.29) is 120 Å². The summed E-state index contributed by atoms with van der Waals surface area (Å²) in [5.74, 6) is -5.94. The maximum atomic E-state index is 14.0. The second-order valence-corrected chi connectivity index (χ2v) is 21.5. The molecule has 14 N–H and O–H groups in total. The number of carboxylic acid groups (broad SMARTS) is 2. The first-order chi connectivity index (χ1) is 39.5. The molecule has 0 spiro atoms. The largest absolute Gasteiger partial charge is 0.508 e. The topological polar surface area (TPSA) is 369 Å². The summed E-state index contributed by atoms with van der Waals surface area (Å²) >= 11 is 0. The SMILES string of the molecule is C=CCOC[C@@H](CC(=O)N[C@H](CC(=O)N[C@@H](CCC(=O)O)CC(=O)N[C@@H](COCC=C)CC(=O)N[C@H](CC(=O)N[C@H](CC(=O)O)[C@@H](C)CC)Cc1ccc(O)cc1)Cc1ccccc1)NC(=O)C[C@H](CCCCN)NC(=O)C[C@@H](N)C(C)C. The van der Waals surface area contributed by atoms with Gasteiger partial charge in [-0.15, -0.1) is 13.2 Å². The van der Waals surface area contributed by atoms with Gasteiger partial charge in [0.25, 0.3) is 0 Å². The first-order valence-corrected chi connectivity index (χ1v) is 28.7. The van der Waals surface area contributed by atoms with Crippen molar-refractivity contribution in [3.63, 3.8) is 0 Å². The van der Waals surface area contributed by atoms with Crippen molar-refractivity contribution in [3.8, 4) is 5.75 Å². The second kappa shape index (κ2) is 40.9. The maximum absolute atomic E-state index is 14.0. The molecule has 23 heteroatoms. The number of rotatable bonds is 45. The van der Waals surface area contributed by atoms with E-state index in [0.717, 1.165) is 5.56 Å². The van der Waals surface area contributed by atoms with Crippen LogP contribution in [-0.2, 0) is 65.5 Å². The van der Waals surface area contributed by atoms with Crippen molar-refractivity contribution in [1.29, 1.82) is 0 Å². The zero-order valence-corrected chi connectivity index (χ0v) is 48.9. The molecule has 0 aromatic heterocycles. The Balaban J connectivity index is 2.30. The highest BCUT2D eigenvalue weighted by Crippen LogP contribution is 2.17. The summed E-state index contributed by atoms with van der Waals surface area (Å²) in [6, 6.07) is 9.20. The van der Waals surface area contributed by atoms with E-state index in [9.17, 15) is 58.5 Å². The van der Waals surface area contributed by atoms with E-state index in [1.54, 1.807) is 24.3 Å². The van der Waals surface area contributed by atoms with Gasteiger partial charge >= 0.3 is 11.9 Å². The minimum absolute atomic E-state index is 0.0108. The van der Waals surface area contributed by atoms with Gasteiger partial charge in [-0.2, -0.15) is 0 Å². The minimum atomic E-state index is -1.18. The summed E-state index contributed by atoms with van der Waals surface area (Å²) < 4.78 is 11.3. The fourth-order valence-electron chi connectivity index (χ4n) is 8.98. The quantitative estimate of drug-likeness (QED) is 0.0335. The Bertz CT molecular complexity index is 2340. The van der Waals surface area contributed by atoms with E-state index >= 15 is 0 Å². The number of phenols is 1. The molecular weight excluding hydrogens is 1070 g/mol. The van der Waals surface area contributed by atoms with Gasteiger partial charge in [-0.3, -0.25) is 43.2 Å². The molecule has 0 heterocycles. The number of phenolic OH excluding ortho intramolecular Hbond substituents is 1. The lowest BCUT2D eigenvalue weighted by Gasteiger charge is -2.26. The van der Waals surface area contributed by atoms with E-state index < -0.39 is 103 Å². The number of benzene rings is 2. The Hall–Kier alpha value is -7.21. The van der Waals surface area contributed by atoms with Gasteiger partial charge in [0.05, 0.1) is 44.9 Å². The summed E-state index contributed by atoms with van der Waals surface area (Å²) in [6.07, 6.45) is 3.31. The number of hydrogen-bond donors (Lipinski definition) is 12. The standard InChI is InChI=1S/C60H93N9O14/c1-7-25-82-37-47(67-52(71)29-43(17-13-14-24-61)63-58(77)35-50(62)39(4)5)33-55(74)65-45(27-41-15-11-10-12-16-41)31-54(73)64-44(20-23-59(78)79)30-53(72)68-48(38-83-26-8-2)34-56(75)66-46(28-42-18-21-49(70)22-19-42)32-57(76)69-51(36-60(80)81)40(6)9-3/h7-8,10-12,15-16,18-19,21-22,39-40,43-48,50-51,70H,1-2,9,13-14,17,20,23-38,61-62H2,3-6H3,(H,63,77)(H,64,73)(H,65,74)(H,66,75)(H,67,71)(H,68,72)(H,69,76)(H,78,79)(H,80,81)/t40-,43-,44-,45-,46-,47+,48+,50+,51+/m0/s1. The zero-order valence-electron chi connectivity index (χ0n) is 48.9. The molecule has 0 saturated carbocycles. The van der Waals surface area contributed by atoms with Crippen molar-refractivity contribution >= 4 is 53.3 Å². The third-order valence-corrected chi connectivity index (χ3v) is 13.7. The van der Waals surface area contributed by atoms with Gasteiger partial charge in [0.2, 0.25) is 41.4 Å². The van der Waals surface area contributed by atoms with Crippen LogP contribution in [0.1, 0.15) is 129 Å². The van der Waals surface area contributed by atoms with Gasteiger partial charge in [0.15, 0.2) is 0 Å². The molecular formula is C60H93N9O14. The first kappa shape index (κ1) is 71.9. The lowest BCUT2D eigenvalue weighted by Crippen LogP contribution is -2.49. The van der Waals surface area contributed by atoms with Crippen LogP contribution in [0, 0.1) is 11.8 Å². The molecule has 0 fully saturated rings. The number of nitrogens with two attached hydrogens (primary N) is 2. The van der Waals surface area contributed by atoms with Crippen LogP contribution in [0.3, 0.4) is 0 Å². The van der Waals surface area contributed by atoms with E-state index in [0.29, 0.717) is 37.8 Å². The molecule has 0 radical (unpaired) electrons. The van der Waals surface area contributed by atoms with Crippen LogP contribution in [0.4, 0.5) is 0 Å². The van der Waals surface area contributed by atoms with Crippen molar-refractivity contribution in [1.82, 2.24) is 37.2 Å². The fourth-order valence-corrected chi connectivity index (χ4v) is 8.98. The number of aromatic hydroxyl groups is 1. The Labute approximate surface area is 488 Å². The summed E-state index contributed by atoms with van der Waals surface area (Å²) in [6.45, 7) is 15.2. The van der Waals surface area contributed by atoms with Gasteiger partial charge in [0.1, 0.15) is 5.75 Å². The molecule has 83 heavy (non-hydrogen) atoms. The molecule has 0 saturated heterocycles. The van der Waals surface area contributed by atoms with Crippen molar-refractivity contribution in [3.05, 3.63) is 91.0 Å². The van der Waals surface area contributed by atoms with Crippen LogP contribution in [-0.4, -0.2) is 150 Å². The van der Waals surface area contributed by atoms with Crippen molar-refractivity contribution < 1.29 is 67.9 Å². The number of amides is 7. The van der Waals surface area contributed by atoms with E-state index in [1.807, 2.05) is 45.9 Å². The van der Waals surface area contributed by atoms with Crippen LogP contribution >= 0.6 is 0 Å². The highest BCUT2D eigenvalue weighted by Gasteiger charge is 2.29. The molecule has 462 valence electrons. The molecule has 0 bridgehead atoms. The number of ether oxygens (including phenoxy) is 2. The predicted octanol–water partition coefficient (Wildman–Crippen LogP) is 3.20. The van der Waals surface area contributed by atoms with Gasteiger partial charge < -0.3 is 73.5 Å². The van der Waals surface area contributed by atoms with Gasteiger partial charge in [0, 0.05) is 87.6 Å². The Morgan fingerprint density at radius 3 is 1.37 bits per heavy atom. The number of unbranched alkanes of at least 4 members (excludes halogenated alkanes) is 1. The third kappa shape index (κ3) is 33.5. The van der Waals surface area contributed by atoms with Crippen molar-refractivity contribution in [2.24, 2.45) is 23.3 Å². The summed E-state index contributed by atoms with van der Waals surface area (Å²) in [7, 11) is 0. The molecule has 2 aromatic rings. The Morgan fingerprint density at radius 1 is 0.530 bits per heavy atom. The number of nitrogens with one attached hydrogen (secondary N) is 7. The first-order valence-electron chi connectivity index (χ1n) is 28.7. The van der Waals surface area contributed by atoms with E-state index in [2.05, 4.69) is 50.4 Å². The Morgan fingerprint density at radius 2 is 0.940 bits per heavy atom. The lowest BCUT2D eigenvalue weighted by atomic mass is 9.95. The monoisotopic (exact) mass is 1160 g/mol. The van der Waals surface area contributed by atoms with Crippen molar-refractivity contribution in [2.75, 3.05) is 33.0 Å². The fraction of sp³-hybridized carbons (Fsp3) is 0.583. The van der Waals surface area contributed by atoms with E-state index in [1.165, 1.54) is 24.3 Å². The molecule has 0 aliphatic carbocycles. The summed E-state index contributed by atoms with van der Waals surface area (Å²) in [5, 5.41) is 49.0. The number of aliphatic carboxylic acids is 2. The van der Waals surface area contributed by atoms with Gasteiger partial charge in [-0.25, -0.2) is 0 Å². The van der Waals surface area contributed by atoms with Crippen LogP contribution in [0.15, 0.2) is 79.9 Å². The van der Waals surface area contributed by atoms with Crippen LogP contribution < -0.4 is 48.7 Å². The number of carboxylic acids is 2. The minimum Gasteiger partial charge on any atom is -0.508 e. The highest BCUT2D eigenvalue weighted by atomic mass is 16.5. The second-order valence-electron chi connectivity index (χ2n) is 21.5. The molecule has 23 nitrogen and oxygen atoms in total. The average molecular weight is 1160 g/mol. The van der Waals surface area contributed by atoms with Crippen LogP contribution in [0.2, 0.25) is 0 Å². The van der Waals surface area contributed by atoms with E-state index in [4.69, 9.17) is 20.9 Å². The molecule has 0 aliphatic heterocycles. The van der Waals surface area contributed by atoms with Crippen LogP contribution in [0.25, 0.3) is 0 Å². The average Bonchev–Trinajstić information content (AvgIpc) is 3.42. The van der Waals surface area contributed by atoms with Crippen LogP contribution in [0.5, 0.6) is 5.75 Å². The van der Waals surface area contributed by atoms with Gasteiger partial charge in [-0.1, -0.05) is 95.2 Å². The summed E-state index contributed by atoms with van der Waals surface area (Å²) in [4.78, 5) is 119. The molecule has 9 atom stereocenters. The Kier molecular flexibility index (Phi) is 35.4. The smallest absolute Gasteiger partial charge is 0.305 e. The predicted molar refractivity (Wildman–Crippen MR) is 314 cm³/mol. The highest BCUT2D eigenvalue weighted by molar-refractivity contribution is 5.84. The third-order valence-electron chi connectivity index (χ3n) is 13.7. The zero-order chi connectivity index (χ0) is 61.7. The maximum Gasteiger partial charge on any atom is 0.305 e. The lowest BCUT2D eigenvalue weighted by molar-refractivity contribution is -0.139. The molecule has 2 rings (SSSR count). The molecule has 7 amide bonds. The number of carbonyl (C=O) groups excluding carboxylic acids is 7. The summed E-state index contributed by atoms with van der Waals surface area (Å²) in [5.41, 5.74) is 13.3.